The van der Waals surface area contributed by atoms with E-state index in [1.165, 1.54) is 0 Å². The largest absolute Gasteiger partial charge is 0.351 e. The van der Waals surface area contributed by atoms with E-state index in [0.717, 1.165) is 24.0 Å². The maximum atomic E-state index is 11.3. The van der Waals surface area contributed by atoms with Crippen molar-refractivity contribution in [2.24, 2.45) is 5.92 Å². The first kappa shape index (κ1) is 12.9. The number of amides is 1. The second-order valence-electron chi connectivity index (χ2n) is 2.92. The monoisotopic (exact) mass is 268 g/mol. The Morgan fingerprint density at radius 3 is 2.85 bits per heavy atom. The summed E-state index contributed by atoms with van der Waals surface area (Å²) in [5, 5.41) is 5.94. The van der Waals surface area contributed by atoms with Crippen molar-refractivity contribution in [3.63, 3.8) is 0 Å². The maximum Gasteiger partial charge on any atom is 0.224 e. The van der Waals surface area contributed by atoms with Crippen LogP contribution in [0.3, 0.4) is 0 Å². The normalized spacial score (nSPS) is 20.5. The van der Waals surface area contributed by atoms with Gasteiger partial charge in [-0.15, -0.1) is 12.4 Å². The third-order valence-electron chi connectivity index (χ3n) is 1.89. The van der Waals surface area contributed by atoms with Gasteiger partial charge >= 0.3 is 0 Å². The summed E-state index contributed by atoms with van der Waals surface area (Å²) in [6.07, 6.45) is 0.945. The van der Waals surface area contributed by atoms with Crippen molar-refractivity contribution >= 4 is 34.2 Å². The lowest BCUT2D eigenvalue weighted by Crippen LogP contribution is -2.32. The molecule has 0 bridgehead atoms. The van der Waals surface area contributed by atoms with Crippen LogP contribution < -0.4 is 10.6 Å². The average Bonchev–Trinajstić information content (AvgIpc) is 2.51. The van der Waals surface area contributed by atoms with E-state index in [4.69, 9.17) is 0 Å². The smallest absolute Gasteiger partial charge is 0.224 e. The van der Waals surface area contributed by atoms with Crippen molar-refractivity contribution in [3.8, 4) is 0 Å². The molecule has 1 atom stereocenters. The lowest BCUT2D eigenvalue weighted by Gasteiger charge is -2.08. The molecular weight excluding hydrogens is 255 g/mol. The Balaban J connectivity index is 0.00000144. The fourth-order valence-electron chi connectivity index (χ4n) is 1.21. The van der Waals surface area contributed by atoms with Gasteiger partial charge in [-0.2, -0.15) is 0 Å². The van der Waals surface area contributed by atoms with Gasteiger partial charge in [-0.3, -0.25) is 4.79 Å². The van der Waals surface area contributed by atoms with Crippen molar-refractivity contribution in [1.82, 2.24) is 10.6 Å². The molecule has 76 valence electrons. The van der Waals surface area contributed by atoms with Gasteiger partial charge in [0, 0.05) is 17.6 Å². The average molecular weight is 270 g/mol. The van der Waals surface area contributed by atoms with E-state index >= 15 is 0 Å². The van der Waals surface area contributed by atoms with Crippen molar-refractivity contribution in [2.45, 2.75) is 6.42 Å². The molecule has 0 aliphatic carbocycles. The van der Waals surface area contributed by atoms with Crippen molar-refractivity contribution in [2.75, 3.05) is 19.6 Å². The molecule has 1 unspecified atom stereocenters. The molecule has 1 heterocycles. The Kier molecular flexibility index (Phi) is 6.37. The van der Waals surface area contributed by atoms with Crippen LogP contribution in [0.5, 0.6) is 0 Å². The van der Waals surface area contributed by atoms with Crippen LogP contribution in [-0.4, -0.2) is 25.5 Å². The molecular formula is C8H14BrClN2O. The van der Waals surface area contributed by atoms with Crippen molar-refractivity contribution < 1.29 is 4.79 Å². The molecule has 2 N–H and O–H groups in total. The zero-order chi connectivity index (χ0) is 8.97. The zero-order valence-electron chi connectivity index (χ0n) is 7.31. The zero-order valence-corrected chi connectivity index (χ0v) is 9.71. The topological polar surface area (TPSA) is 41.1 Å². The molecule has 0 aromatic heterocycles. The van der Waals surface area contributed by atoms with Gasteiger partial charge in [0.1, 0.15) is 0 Å². The van der Waals surface area contributed by atoms with Gasteiger partial charge in [-0.05, 0) is 13.0 Å². The first-order valence-corrected chi connectivity index (χ1v) is 4.81. The fourth-order valence-corrected chi connectivity index (χ4v) is 1.35. The van der Waals surface area contributed by atoms with E-state index in [0.29, 0.717) is 6.54 Å². The predicted octanol–water partition coefficient (Wildman–Crippen LogP) is 1.04. The lowest BCUT2D eigenvalue weighted by molar-refractivity contribution is -0.124. The van der Waals surface area contributed by atoms with Crippen LogP contribution in [0.2, 0.25) is 0 Å². The van der Waals surface area contributed by atoms with Crippen LogP contribution in [0.4, 0.5) is 0 Å². The van der Waals surface area contributed by atoms with Gasteiger partial charge in [0.25, 0.3) is 0 Å². The molecule has 0 spiro atoms. The summed E-state index contributed by atoms with van der Waals surface area (Å²) in [5.74, 6) is 0.275. The van der Waals surface area contributed by atoms with Gasteiger partial charge in [0.05, 0.1) is 5.92 Å². The van der Waals surface area contributed by atoms with E-state index in [1.807, 2.05) is 0 Å². The Hall–Kier alpha value is -0.0600. The number of rotatable bonds is 3. The summed E-state index contributed by atoms with van der Waals surface area (Å²) in [6.45, 7) is 5.92. The molecule has 1 aliphatic rings. The minimum absolute atomic E-state index is 0. The standard InChI is InChI=1S/C8H13BrN2O.ClH/c1-6(9)4-11-8(12)7-2-3-10-5-7;/h7,10H,1-5H2,(H,11,12);1H. The molecule has 0 aromatic carbocycles. The minimum atomic E-state index is 0. The summed E-state index contributed by atoms with van der Waals surface area (Å²) in [7, 11) is 0. The molecule has 0 saturated carbocycles. The highest BCUT2D eigenvalue weighted by Gasteiger charge is 2.21. The molecule has 1 fully saturated rings. The fraction of sp³-hybridized carbons (Fsp3) is 0.625. The van der Waals surface area contributed by atoms with Gasteiger partial charge in [0.15, 0.2) is 0 Å². The van der Waals surface area contributed by atoms with Crippen LogP contribution in [0, 0.1) is 5.92 Å². The van der Waals surface area contributed by atoms with Gasteiger partial charge in [0.2, 0.25) is 5.91 Å². The van der Waals surface area contributed by atoms with E-state index in [-0.39, 0.29) is 24.2 Å². The third kappa shape index (κ3) is 4.64. The number of hydrogen-bond acceptors (Lipinski definition) is 2. The lowest BCUT2D eigenvalue weighted by atomic mass is 10.1. The quantitative estimate of drug-likeness (QED) is 0.804. The predicted molar refractivity (Wildman–Crippen MR) is 59.3 cm³/mol. The third-order valence-corrected chi connectivity index (χ3v) is 2.17. The van der Waals surface area contributed by atoms with Gasteiger partial charge in [-0.25, -0.2) is 0 Å². The molecule has 1 amide bonds. The van der Waals surface area contributed by atoms with E-state index < -0.39 is 0 Å². The van der Waals surface area contributed by atoms with Gasteiger partial charge in [-0.1, -0.05) is 22.5 Å². The molecule has 5 heteroatoms. The van der Waals surface area contributed by atoms with Crippen LogP contribution >= 0.6 is 28.3 Å². The highest BCUT2D eigenvalue weighted by molar-refractivity contribution is 9.11. The van der Waals surface area contributed by atoms with E-state index in [1.54, 1.807) is 0 Å². The summed E-state index contributed by atoms with van der Waals surface area (Å²) in [6, 6.07) is 0. The Bertz CT molecular complexity index is 193. The number of hydrogen-bond donors (Lipinski definition) is 2. The minimum Gasteiger partial charge on any atom is -0.351 e. The number of carbonyl (C=O) groups is 1. The van der Waals surface area contributed by atoms with Gasteiger partial charge < -0.3 is 10.6 Å². The molecule has 1 rings (SSSR count). The summed E-state index contributed by atoms with van der Waals surface area (Å²) >= 11 is 3.19. The van der Waals surface area contributed by atoms with Crippen LogP contribution in [0.15, 0.2) is 11.1 Å². The maximum absolute atomic E-state index is 11.3. The highest BCUT2D eigenvalue weighted by atomic mass is 79.9. The molecule has 0 aromatic rings. The van der Waals surface area contributed by atoms with Crippen molar-refractivity contribution in [1.29, 1.82) is 0 Å². The first-order valence-electron chi connectivity index (χ1n) is 4.02. The summed E-state index contributed by atoms with van der Waals surface area (Å²) in [4.78, 5) is 11.3. The summed E-state index contributed by atoms with van der Waals surface area (Å²) < 4.78 is 0.807. The molecule has 3 nitrogen and oxygen atoms in total. The molecule has 1 aliphatic heterocycles. The Morgan fingerprint density at radius 1 is 1.69 bits per heavy atom. The van der Waals surface area contributed by atoms with Crippen LogP contribution in [0.25, 0.3) is 0 Å². The molecule has 1 saturated heterocycles. The van der Waals surface area contributed by atoms with Crippen LogP contribution in [0.1, 0.15) is 6.42 Å². The van der Waals surface area contributed by atoms with E-state index in [2.05, 4.69) is 33.1 Å². The number of carbonyl (C=O) groups excluding carboxylic acids is 1. The highest BCUT2D eigenvalue weighted by Crippen LogP contribution is 2.07. The Morgan fingerprint density at radius 2 is 2.38 bits per heavy atom. The molecule has 13 heavy (non-hydrogen) atoms. The van der Waals surface area contributed by atoms with Crippen LogP contribution in [-0.2, 0) is 4.79 Å². The second kappa shape index (κ2) is 6.40. The second-order valence-corrected chi connectivity index (χ2v) is 4.05. The Labute approximate surface area is 92.9 Å². The summed E-state index contributed by atoms with van der Waals surface area (Å²) in [5.41, 5.74) is 0. The number of halogens is 2. The number of nitrogens with one attached hydrogen (secondary N) is 2. The molecule has 0 radical (unpaired) electrons. The van der Waals surface area contributed by atoms with Crippen molar-refractivity contribution in [3.05, 3.63) is 11.1 Å². The SMILES string of the molecule is C=C(Br)CNC(=O)C1CCNC1.Cl. The first-order chi connectivity index (χ1) is 5.70. The van der Waals surface area contributed by atoms with E-state index in [9.17, 15) is 4.79 Å².